The molecule has 0 aromatic heterocycles. The van der Waals surface area contributed by atoms with Crippen molar-refractivity contribution in [3.05, 3.63) is 29.6 Å². The van der Waals surface area contributed by atoms with Gasteiger partial charge in [-0.15, -0.1) is 0 Å². The predicted molar refractivity (Wildman–Crippen MR) is 76.6 cm³/mol. The Hall–Kier alpha value is -0.905. The lowest BCUT2D eigenvalue weighted by atomic mass is 9.79. The quantitative estimate of drug-likeness (QED) is 0.733. The zero-order valence-electron chi connectivity index (χ0n) is 11.9. The summed E-state index contributed by atoms with van der Waals surface area (Å²) in [5, 5.41) is 18.2. The van der Waals surface area contributed by atoms with Crippen LogP contribution in [-0.4, -0.2) is 35.2 Å². The summed E-state index contributed by atoms with van der Waals surface area (Å²) in [6.45, 7) is 9.06. The fourth-order valence-electron chi connectivity index (χ4n) is 2.02. The topological polar surface area (TPSA) is 43.7 Å². The molecule has 2 N–H and O–H groups in total. The van der Waals surface area contributed by atoms with Crippen LogP contribution in [0.4, 0.5) is 4.39 Å². The van der Waals surface area contributed by atoms with Crippen LogP contribution in [-0.2, 0) is 6.54 Å². The molecule has 0 bridgehead atoms. The van der Waals surface area contributed by atoms with Gasteiger partial charge in [0.25, 0.3) is 0 Å². The predicted octanol–water partition coefficient (Wildman–Crippen LogP) is 1.37. The fraction of sp³-hybridized carbons (Fsp3) is 0.571. The lowest BCUT2D eigenvalue weighted by Gasteiger charge is -2.24. The molecule has 1 atom stereocenters. The first kappa shape index (κ1) is 16.2. The van der Waals surface area contributed by atoms with Crippen LogP contribution in [0, 0.1) is 11.7 Å². The molecule has 0 aliphatic heterocycles. The van der Waals surface area contributed by atoms with Crippen molar-refractivity contribution < 1.29 is 14.4 Å². The maximum Gasteiger partial charge on any atom is 0.491 e. The molecule has 1 aromatic carbocycles. The highest BCUT2D eigenvalue weighted by molar-refractivity contribution is 6.58. The van der Waals surface area contributed by atoms with E-state index in [1.165, 1.54) is 12.1 Å². The molecule has 0 radical (unpaired) electrons. The maximum atomic E-state index is 13.4. The number of hydrogen-bond donors (Lipinski definition) is 2. The van der Waals surface area contributed by atoms with Gasteiger partial charge >= 0.3 is 7.12 Å². The standard InChI is InChI=1S/C14H23BFNO2/c1-4-11(3)9-17(5-2)10-12-6-7-14(16)13(8-12)15(18)19/h6-8,11,18-19H,4-5,9-10H2,1-3H3. The molecule has 0 fully saturated rings. The van der Waals surface area contributed by atoms with Crippen LogP contribution in [0.1, 0.15) is 32.8 Å². The minimum absolute atomic E-state index is 0.0582. The number of halogens is 1. The summed E-state index contributed by atoms with van der Waals surface area (Å²) >= 11 is 0. The van der Waals surface area contributed by atoms with Crippen LogP contribution >= 0.6 is 0 Å². The normalized spacial score (nSPS) is 12.8. The Labute approximate surface area is 115 Å². The van der Waals surface area contributed by atoms with Gasteiger partial charge in [-0.3, -0.25) is 4.90 Å². The van der Waals surface area contributed by atoms with Crippen molar-refractivity contribution in [3.8, 4) is 0 Å². The monoisotopic (exact) mass is 267 g/mol. The van der Waals surface area contributed by atoms with Crippen molar-refractivity contribution in [1.29, 1.82) is 0 Å². The second-order valence-corrected chi connectivity index (χ2v) is 5.07. The molecule has 0 heterocycles. The first-order valence-electron chi connectivity index (χ1n) is 6.84. The van der Waals surface area contributed by atoms with Gasteiger partial charge in [0, 0.05) is 18.6 Å². The van der Waals surface area contributed by atoms with E-state index in [9.17, 15) is 4.39 Å². The van der Waals surface area contributed by atoms with Crippen LogP contribution < -0.4 is 5.46 Å². The molecule has 1 unspecified atom stereocenters. The molecule has 0 spiro atoms. The van der Waals surface area contributed by atoms with Crippen molar-refractivity contribution in [2.24, 2.45) is 5.92 Å². The van der Waals surface area contributed by atoms with Gasteiger partial charge in [-0.05, 0) is 24.1 Å². The molecule has 106 valence electrons. The highest BCUT2D eigenvalue weighted by Crippen LogP contribution is 2.10. The SMILES string of the molecule is CCC(C)CN(CC)Cc1ccc(F)c(B(O)O)c1. The summed E-state index contributed by atoms with van der Waals surface area (Å²) in [4.78, 5) is 2.27. The van der Waals surface area contributed by atoms with Crippen molar-refractivity contribution in [1.82, 2.24) is 4.90 Å². The number of nitrogens with zero attached hydrogens (tertiary/aromatic N) is 1. The lowest BCUT2D eigenvalue weighted by molar-refractivity contribution is 0.238. The smallest absolute Gasteiger partial charge is 0.423 e. The molecule has 5 heteroatoms. The largest absolute Gasteiger partial charge is 0.491 e. The van der Waals surface area contributed by atoms with E-state index in [0.29, 0.717) is 12.5 Å². The second-order valence-electron chi connectivity index (χ2n) is 5.07. The Morgan fingerprint density at radius 1 is 1.32 bits per heavy atom. The van der Waals surface area contributed by atoms with E-state index >= 15 is 0 Å². The summed E-state index contributed by atoms with van der Waals surface area (Å²) in [7, 11) is -1.76. The summed E-state index contributed by atoms with van der Waals surface area (Å²) in [5.74, 6) is 0.0343. The second kappa shape index (κ2) is 7.63. The van der Waals surface area contributed by atoms with E-state index in [-0.39, 0.29) is 5.46 Å². The van der Waals surface area contributed by atoms with Crippen molar-refractivity contribution in [2.45, 2.75) is 33.7 Å². The first-order valence-corrected chi connectivity index (χ1v) is 6.84. The molecular formula is C14H23BFNO2. The highest BCUT2D eigenvalue weighted by atomic mass is 19.1. The summed E-state index contributed by atoms with van der Waals surface area (Å²) < 4.78 is 13.4. The average molecular weight is 267 g/mol. The van der Waals surface area contributed by atoms with E-state index in [1.807, 2.05) is 0 Å². The fourth-order valence-corrected chi connectivity index (χ4v) is 2.02. The summed E-state index contributed by atoms with van der Waals surface area (Å²) in [5.41, 5.74) is 0.840. The van der Waals surface area contributed by atoms with Gasteiger partial charge in [-0.1, -0.05) is 39.3 Å². The Bertz CT molecular complexity index is 401. The molecule has 19 heavy (non-hydrogen) atoms. The Kier molecular flexibility index (Phi) is 6.48. The third-order valence-corrected chi connectivity index (χ3v) is 3.46. The van der Waals surface area contributed by atoms with Crippen LogP contribution in [0.2, 0.25) is 0 Å². The van der Waals surface area contributed by atoms with E-state index in [4.69, 9.17) is 10.0 Å². The van der Waals surface area contributed by atoms with Gasteiger partial charge < -0.3 is 10.0 Å². The van der Waals surface area contributed by atoms with E-state index < -0.39 is 12.9 Å². The molecule has 3 nitrogen and oxygen atoms in total. The number of hydrogen-bond acceptors (Lipinski definition) is 3. The van der Waals surface area contributed by atoms with Gasteiger partial charge in [0.05, 0.1) is 0 Å². The van der Waals surface area contributed by atoms with Crippen LogP contribution in [0.25, 0.3) is 0 Å². The van der Waals surface area contributed by atoms with E-state index in [0.717, 1.165) is 25.1 Å². The molecule has 0 amide bonds. The maximum absolute atomic E-state index is 13.4. The highest BCUT2D eigenvalue weighted by Gasteiger charge is 2.17. The Balaban J connectivity index is 2.77. The van der Waals surface area contributed by atoms with Crippen molar-refractivity contribution in [2.75, 3.05) is 13.1 Å². The zero-order chi connectivity index (χ0) is 14.4. The van der Waals surface area contributed by atoms with Gasteiger partial charge in [0.2, 0.25) is 0 Å². The number of rotatable bonds is 7. The van der Waals surface area contributed by atoms with Gasteiger partial charge in [-0.25, -0.2) is 4.39 Å². The van der Waals surface area contributed by atoms with Crippen molar-refractivity contribution >= 4 is 12.6 Å². The van der Waals surface area contributed by atoms with Crippen LogP contribution in [0.3, 0.4) is 0 Å². The van der Waals surface area contributed by atoms with Gasteiger partial charge in [-0.2, -0.15) is 0 Å². The average Bonchev–Trinajstić information content (AvgIpc) is 2.39. The Morgan fingerprint density at radius 2 is 2.00 bits per heavy atom. The molecular weight excluding hydrogens is 244 g/mol. The summed E-state index contributed by atoms with van der Waals surface area (Å²) in [6.07, 6.45) is 1.13. The molecule has 1 aromatic rings. The molecule has 0 saturated carbocycles. The van der Waals surface area contributed by atoms with Gasteiger partial charge in [0.1, 0.15) is 5.82 Å². The minimum atomic E-state index is -1.76. The third-order valence-electron chi connectivity index (χ3n) is 3.46. The van der Waals surface area contributed by atoms with Crippen LogP contribution in [0.15, 0.2) is 18.2 Å². The molecule has 0 aliphatic carbocycles. The summed E-state index contributed by atoms with van der Waals surface area (Å²) in [6, 6.07) is 4.51. The van der Waals surface area contributed by atoms with Crippen LogP contribution in [0.5, 0.6) is 0 Å². The molecule has 0 saturated heterocycles. The van der Waals surface area contributed by atoms with E-state index in [2.05, 4.69) is 25.7 Å². The Morgan fingerprint density at radius 3 is 2.53 bits per heavy atom. The van der Waals surface area contributed by atoms with E-state index in [1.54, 1.807) is 6.07 Å². The molecule has 0 aliphatic rings. The number of benzene rings is 1. The minimum Gasteiger partial charge on any atom is -0.423 e. The first-order chi connectivity index (χ1) is 8.97. The van der Waals surface area contributed by atoms with Gasteiger partial charge in [0.15, 0.2) is 0 Å². The lowest BCUT2D eigenvalue weighted by Crippen LogP contribution is -2.34. The van der Waals surface area contributed by atoms with Crippen molar-refractivity contribution in [3.63, 3.8) is 0 Å². The molecule has 1 rings (SSSR count). The zero-order valence-corrected chi connectivity index (χ0v) is 11.9. The third kappa shape index (κ3) is 4.93.